The number of hydrogen-bond donors (Lipinski definition) is 0. The molecule has 0 radical (unpaired) electrons. The molecule has 1 saturated heterocycles. The fraction of sp³-hybridized carbons (Fsp3) is 0.381. The molecule has 1 fully saturated rings. The molecule has 1 amide bonds. The second-order valence-corrected chi connectivity index (χ2v) is 7.16. The van der Waals surface area contributed by atoms with Crippen LogP contribution in [-0.4, -0.2) is 51.4 Å². The van der Waals surface area contributed by atoms with Crippen molar-refractivity contribution in [2.45, 2.75) is 32.9 Å². The highest BCUT2D eigenvalue weighted by Crippen LogP contribution is 2.22. The Kier molecular flexibility index (Phi) is 4.90. The van der Waals surface area contributed by atoms with Crippen LogP contribution in [0.15, 0.2) is 42.7 Å². The number of rotatable bonds is 3. The van der Waals surface area contributed by atoms with Crippen LogP contribution in [0.25, 0.3) is 10.9 Å². The van der Waals surface area contributed by atoms with Crippen LogP contribution in [0.2, 0.25) is 0 Å². The maximum absolute atomic E-state index is 13.4. The quantitative estimate of drug-likeness (QED) is 0.717. The van der Waals surface area contributed by atoms with E-state index in [1.807, 2.05) is 60.0 Å². The SMILES string of the molecule is Cc1ccc2nc(C)cc(C(=O)N3CCCO[C@@H](Cn4cccn4)C3)c2c1. The smallest absolute Gasteiger partial charge is 0.254 e. The van der Waals surface area contributed by atoms with Gasteiger partial charge in [-0.05, 0) is 44.5 Å². The summed E-state index contributed by atoms with van der Waals surface area (Å²) in [5.74, 6) is 0.0482. The van der Waals surface area contributed by atoms with Crippen LogP contribution in [0, 0.1) is 13.8 Å². The summed E-state index contributed by atoms with van der Waals surface area (Å²) < 4.78 is 7.81. The highest BCUT2D eigenvalue weighted by molar-refractivity contribution is 6.06. The average Bonchev–Trinajstić information content (AvgIpc) is 3.05. The zero-order chi connectivity index (χ0) is 18.8. The van der Waals surface area contributed by atoms with E-state index in [9.17, 15) is 4.79 Å². The van der Waals surface area contributed by atoms with Crippen LogP contribution < -0.4 is 0 Å². The van der Waals surface area contributed by atoms with Gasteiger partial charge in [0.25, 0.3) is 5.91 Å². The van der Waals surface area contributed by atoms with E-state index < -0.39 is 0 Å². The average molecular weight is 364 g/mol. The van der Waals surface area contributed by atoms with Gasteiger partial charge in [0.1, 0.15) is 0 Å². The summed E-state index contributed by atoms with van der Waals surface area (Å²) in [5, 5.41) is 5.17. The van der Waals surface area contributed by atoms with Crippen molar-refractivity contribution < 1.29 is 9.53 Å². The van der Waals surface area contributed by atoms with E-state index in [-0.39, 0.29) is 12.0 Å². The molecule has 3 heterocycles. The molecule has 3 aromatic rings. The first-order chi connectivity index (χ1) is 13.1. The number of aromatic nitrogens is 3. The van der Waals surface area contributed by atoms with Gasteiger partial charge in [-0.3, -0.25) is 14.5 Å². The lowest BCUT2D eigenvalue weighted by atomic mass is 10.0. The Morgan fingerprint density at radius 3 is 3.00 bits per heavy atom. The number of nitrogens with zero attached hydrogens (tertiary/aromatic N) is 4. The molecule has 2 aromatic heterocycles. The standard InChI is InChI=1S/C21H24N4O2/c1-15-5-6-20-18(11-15)19(12-16(2)23-20)21(26)24-8-4-10-27-17(13-24)14-25-9-3-7-22-25/h3,5-7,9,11-12,17H,4,8,10,13-14H2,1-2H3/t17-/m1/s1. The number of aryl methyl sites for hydroxylation is 2. The Labute approximate surface area is 158 Å². The Hall–Kier alpha value is -2.73. The van der Waals surface area contributed by atoms with E-state index in [0.717, 1.165) is 34.1 Å². The maximum Gasteiger partial charge on any atom is 0.254 e. The minimum Gasteiger partial charge on any atom is -0.374 e. The number of carbonyl (C=O) groups is 1. The van der Waals surface area contributed by atoms with Gasteiger partial charge in [-0.15, -0.1) is 0 Å². The molecule has 27 heavy (non-hydrogen) atoms. The minimum absolute atomic E-state index is 0.0482. The zero-order valence-corrected chi connectivity index (χ0v) is 15.8. The van der Waals surface area contributed by atoms with Crippen molar-refractivity contribution in [1.29, 1.82) is 0 Å². The molecule has 140 valence electrons. The van der Waals surface area contributed by atoms with Crippen LogP contribution in [0.3, 0.4) is 0 Å². The van der Waals surface area contributed by atoms with E-state index in [2.05, 4.69) is 10.1 Å². The minimum atomic E-state index is -0.0627. The molecule has 0 spiro atoms. The molecular formula is C21H24N4O2. The van der Waals surface area contributed by atoms with Crippen LogP contribution in [0.4, 0.5) is 0 Å². The van der Waals surface area contributed by atoms with Gasteiger partial charge >= 0.3 is 0 Å². The molecule has 1 atom stereocenters. The van der Waals surface area contributed by atoms with Crippen molar-refractivity contribution in [2.24, 2.45) is 0 Å². The Morgan fingerprint density at radius 2 is 2.19 bits per heavy atom. The maximum atomic E-state index is 13.4. The monoisotopic (exact) mass is 364 g/mol. The first-order valence-electron chi connectivity index (χ1n) is 9.36. The largest absolute Gasteiger partial charge is 0.374 e. The van der Waals surface area contributed by atoms with Gasteiger partial charge in [-0.2, -0.15) is 5.10 Å². The third-order valence-electron chi connectivity index (χ3n) is 4.91. The van der Waals surface area contributed by atoms with E-state index in [4.69, 9.17) is 4.74 Å². The van der Waals surface area contributed by atoms with Crippen LogP contribution >= 0.6 is 0 Å². The predicted octanol–water partition coefficient (Wildman–Crippen LogP) is 2.98. The number of amides is 1. The topological polar surface area (TPSA) is 60.3 Å². The molecule has 0 aliphatic carbocycles. The predicted molar refractivity (Wildman–Crippen MR) is 104 cm³/mol. The fourth-order valence-electron chi connectivity index (χ4n) is 3.63. The molecular weight excluding hydrogens is 340 g/mol. The van der Waals surface area contributed by atoms with Gasteiger partial charge in [0, 0.05) is 43.2 Å². The second-order valence-electron chi connectivity index (χ2n) is 7.16. The van der Waals surface area contributed by atoms with E-state index >= 15 is 0 Å². The van der Waals surface area contributed by atoms with Gasteiger partial charge in [-0.25, -0.2) is 0 Å². The summed E-state index contributed by atoms with van der Waals surface area (Å²) in [6.45, 7) is 6.53. The van der Waals surface area contributed by atoms with Gasteiger partial charge in [-0.1, -0.05) is 11.6 Å². The van der Waals surface area contributed by atoms with Gasteiger partial charge in [0.2, 0.25) is 0 Å². The molecule has 1 aliphatic rings. The van der Waals surface area contributed by atoms with E-state index in [0.29, 0.717) is 26.2 Å². The van der Waals surface area contributed by atoms with Crippen molar-refractivity contribution in [3.63, 3.8) is 0 Å². The zero-order valence-electron chi connectivity index (χ0n) is 15.8. The Balaban J connectivity index is 1.63. The number of hydrogen-bond acceptors (Lipinski definition) is 4. The number of benzene rings is 1. The number of ether oxygens (including phenoxy) is 1. The summed E-state index contributed by atoms with van der Waals surface area (Å²) in [4.78, 5) is 19.9. The summed E-state index contributed by atoms with van der Waals surface area (Å²) in [6.07, 6.45) is 4.45. The van der Waals surface area contributed by atoms with Crippen LogP contribution in [0.5, 0.6) is 0 Å². The van der Waals surface area contributed by atoms with Gasteiger partial charge < -0.3 is 9.64 Å². The van der Waals surface area contributed by atoms with E-state index in [1.165, 1.54) is 0 Å². The number of carbonyl (C=O) groups excluding carboxylic acids is 1. The van der Waals surface area contributed by atoms with Gasteiger partial charge in [0.15, 0.2) is 0 Å². The van der Waals surface area contributed by atoms with Gasteiger partial charge in [0.05, 0.1) is 23.7 Å². The molecule has 0 N–H and O–H groups in total. The third-order valence-corrected chi connectivity index (χ3v) is 4.91. The second kappa shape index (κ2) is 7.48. The molecule has 0 unspecified atom stereocenters. The summed E-state index contributed by atoms with van der Waals surface area (Å²) >= 11 is 0. The highest BCUT2D eigenvalue weighted by atomic mass is 16.5. The highest BCUT2D eigenvalue weighted by Gasteiger charge is 2.25. The molecule has 4 rings (SSSR count). The lowest BCUT2D eigenvalue weighted by Crippen LogP contribution is -2.38. The van der Waals surface area contributed by atoms with Crippen molar-refractivity contribution >= 4 is 16.8 Å². The van der Waals surface area contributed by atoms with Crippen molar-refractivity contribution in [3.05, 3.63) is 59.5 Å². The van der Waals surface area contributed by atoms with Crippen LogP contribution in [-0.2, 0) is 11.3 Å². The normalized spacial score (nSPS) is 17.9. The molecule has 6 heteroatoms. The molecule has 6 nitrogen and oxygen atoms in total. The number of fused-ring (bicyclic) bond motifs is 1. The lowest BCUT2D eigenvalue weighted by Gasteiger charge is -2.25. The Morgan fingerprint density at radius 1 is 1.30 bits per heavy atom. The molecule has 1 aliphatic heterocycles. The van der Waals surface area contributed by atoms with Crippen molar-refractivity contribution in [1.82, 2.24) is 19.7 Å². The summed E-state index contributed by atoms with van der Waals surface area (Å²) in [7, 11) is 0. The van der Waals surface area contributed by atoms with Crippen molar-refractivity contribution in [2.75, 3.05) is 19.7 Å². The van der Waals surface area contributed by atoms with Crippen LogP contribution in [0.1, 0.15) is 28.0 Å². The molecule has 0 bridgehead atoms. The fourth-order valence-corrected chi connectivity index (χ4v) is 3.63. The van der Waals surface area contributed by atoms with Crippen molar-refractivity contribution in [3.8, 4) is 0 Å². The lowest BCUT2D eigenvalue weighted by molar-refractivity contribution is 0.0368. The first kappa shape index (κ1) is 17.7. The first-order valence-corrected chi connectivity index (χ1v) is 9.36. The summed E-state index contributed by atoms with van der Waals surface area (Å²) in [6, 6.07) is 9.86. The third kappa shape index (κ3) is 3.85. The summed E-state index contributed by atoms with van der Waals surface area (Å²) in [5.41, 5.74) is 3.57. The van der Waals surface area contributed by atoms with E-state index in [1.54, 1.807) is 6.20 Å². The Bertz CT molecular complexity index is 952. The number of pyridine rings is 1. The molecule has 0 saturated carbocycles. The molecule has 1 aromatic carbocycles.